The molecular formula is C26H46S2. The molecule has 0 heterocycles. The van der Waals surface area contributed by atoms with E-state index in [1.807, 2.05) is 87.5 Å². The van der Waals surface area contributed by atoms with Crippen LogP contribution in [0.25, 0.3) is 0 Å². The zero-order chi connectivity index (χ0) is 23.4. The highest BCUT2D eigenvalue weighted by Crippen LogP contribution is 2.31. The second-order valence-corrected chi connectivity index (χ2v) is 6.20. The Labute approximate surface area is 187 Å². The minimum atomic E-state index is 1.11. The molecule has 2 heteroatoms. The van der Waals surface area contributed by atoms with E-state index in [2.05, 4.69) is 56.7 Å². The Hall–Kier alpha value is -1.38. The predicted molar refractivity (Wildman–Crippen MR) is 143 cm³/mol. The zero-order valence-electron chi connectivity index (χ0n) is 20.3. The Morgan fingerprint density at radius 2 is 1.14 bits per heavy atom. The predicted octanol–water partition coefficient (Wildman–Crippen LogP) is 11.0. The van der Waals surface area contributed by atoms with Crippen molar-refractivity contribution < 1.29 is 0 Å². The molecule has 0 bridgehead atoms. The van der Waals surface area contributed by atoms with Gasteiger partial charge in [-0.2, -0.15) is 0 Å². The van der Waals surface area contributed by atoms with Crippen LogP contribution in [-0.2, 0) is 0 Å². The molecule has 0 atom stereocenters. The minimum absolute atomic E-state index is 1.11. The topological polar surface area (TPSA) is 0 Å². The summed E-state index contributed by atoms with van der Waals surface area (Å²) in [6, 6.07) is 8.53. The molecule has 162 valence electrons. The van der Waals surface area contributed by atoms with E-state index in [-0.39, 0.29) is 0 Å². The van der Waals surface area contributed by atoms with Gasteiger partial charge in [-0.25, -0.2) is 0 Å². The van der Waals surface area contributed by atoms with Crippen LogP contribution < -0.4 is 0 Å². The number of benzene rings is 1. The second-order valence-electron chi connectivity index (χ2n) is 3.68. The van der Waals surface area contributed by atoms with Crippen molar-refractivity contribution in [1.82, 2.24) is 0 Å². The molecule has 0 aliphatic heterocycles. The van der Waals surface area contributed by atoms with Crippen LogP contribution in [0.15, 0.2) is 94.5 Å². The van der Waals surface area contributed by atoms with Crippen molar-refractivity contribution in [1.29, 1.82) is 0 Å². The van der Waals surface area contributed by atoms with Crippen LogP contribution in [0.4, 0.5) is 0 Å². The van der Waals surface area contributed by atoms with E-state index in [1.165, 1.54) is 14.7 Å². The van der Waals surface area contributed by atoms with Crippen molar-refractivity contribution in [2.45, 2.75) is 79.0 Å². The number of thioether (sulfide) groups is 2. The van der Waals surface area contributed by atoms with E-state index in [9.17, 15) is 0 Å². The molecule has 0 radical (unpaired) electrons. The van der Waals surface area contributed by atoms with E-state index in [0.29, 0.717) is 0 Å². The third-order valence-electron chi connectivity index (χ3n) is 1.96. The summed E-state index contributed by atoms with van der Waals surface area (Å²) < 4.78 is 0. The third kappa shape index (κ3) is 26.8. The highest BCUT2D eigenvalue weighted by Gasteiger charge is 1.98. The molecule has 1 aromatic rings. The molecule has 0 fully saturated rings. The van der Waals surface area contributed by atoms with Gasteiger partial charge in [-0.3, -0.25) is 0 Å². The lowest BCUT2D eigenvalue weighted by atomic mass is 10.4. The Balaban J connectivity index is -0.000000153. The molecule has 0 saturated carbocycles. The molecule has 1 aromatic carbocycles. The fourth-order valence-corrected chi connectivity index (χ4v) is 2.90. The van der Waals surface area contributed by atoms with E-state index < -0.39 is 0 Å². The van der Waals surface area contributed by atoms with Gasteiger partial charge in [0, 0.05) is 14.7 Å². The largest absolute Gasteiger partial charge is 0.106 e. The quantitative estimate of drug-likeness (QED) is 0.254. The molecule has 0 aromatic heterocycles. The molecule has 1 rings (SSSR count). The Morgan fingerprint density at radius 1 is 0.786 bits per heavy atom. The maximum absolute atomic E-state index is 3.90. The van der Waals surface area contributed by atoms with Gasteiger partial charge >= 0.3 is 0 Å². The van der Waals surface area contributed by atoms with Crippen molar-refractivity contribution in [2.75, 3.05) is 0 Å². The van der Waals surface area contributed by atoms with Gasteiger partial charge in [0.15, 0.2) is 0 Å². The third-order valence-corrected chi connectivity index (χ3v) is 3.84. The van der Waals surface area contributed by atoms with Crippen molar-refractivity contribution in [3.8, 4) is 0 Å². The van der Waals surface area contributed by atoms with Crippen LogP contribution in [0.5, 0.6) is 0 Å². The maximum atomic E-state index is 3.90. The smallest absolute Gasteiger partial charge is 0.0123 e. The van der Waals surface area contributed by atoms with E-state index in [0.717, 1.165) is 4.91 Å². The van der Waals surface area contributed by atoms with Gasteiger partial charge in [-0.15, -0.1) is 13.2 Å². The minimum Gasteiger partial charge on any atom is -0.106 e. The molecule has 0 aliphatic rings. The lowest BCUT2D eigenvalue weighted by molar-refractivity contribution is 1.36. The molecule has 0 N–H and O–H groups in total. The van der Waals surface area contributed by atoms with Crippen LogP contribution >= 0.6 is 23.5 Å². The van der Waals surface area contributed by atoms with Crippen LogP contribution in [0.2, 0.25) is 0 Å². The molecule has 0 spiro atoms. The first-order valence-corrected chi connectivity index (χ1v) is 11.9. The summed E-state index contributed by atoms with van der Waals surface area (Å²) in [6.07, 6.45) is 7.95. The lowest BCUT2D eigenvalue weighted by Gasteiger charge is -2.04. The second kappa shape index (κ2) is 36.5. The number of hydrogen-bond acceptors (Lipinski definition) is 2. The van der Waals surface area contributed by atoms with Gasteiger partial charge in [-0.1, -0.05) is 110 Å². The summed E-state index contributed by atoms with van der Waals surface area (Å²) in [7, 11) is 0. The molecule has 0 saturated heterocycles. The first kappa shape index (κ1) is 37.4. The normalized spacial score (nSPS) is 8.57. The fourth-order valence-electron chi connectivity index (χ4n) is 1.32. The van der Waals surface area contributed by atoms with Crippen LogP contribution in [0.1, 0.15) is 69.2 Å². The highest BCUT2D eigenvalue weighted by molar-refractivity contribution is 8.03. The van der Waals surface area contributed by atoms with E-state index in [1.54, 1.807) is 23.5 Å². The average molecular weight is 423 g/mol. The van der Waals surface area contributed by atoms with Crippen LogP contribution in [0.3, 0.4) is 0 Å². The first-order valence-electron chi connectivity index (χ1n) is 10.2. The molecule has 28 heavy (non-hydrogen) atoms. The van der Waals surface area contributed by atoms with Gasteiger partial charge in [-0.05, 0) is 49.1 Å². The van der Waals surface area contributed by atoms with Crippen molar-refractivity contribution >= 4 is 23.5 Å². The van der Waals surface area contributed by atoms with Gasteiger partial charge in [0.2, 0.25) is 0 Å². The standard InChI is InChI=1S/C16H18S2.4C2H6.C2H4/c1-5-7-14(8-6-2)18-16-11-9-15(10-12-16)17-13(3)4;5*1-2/h5-12H,1,3H2,2,4H3;4*1-2H3;1-2H2/b8-6-,14-7+;;;;;. The SMILES string of the molecule is C=C.C=C/C=C(\C=C/C)Sc1ccc(SC(=C)C)cc1.CC.CC.CC.CC. The van der Waals surface area contributed by atoms with Crippen molar-refractivity contribution in [3.05, 3.63) is 84.7 Å². The lowest BCUT2D eigenvalue weighted by Crippen LogP contribution is -1.75. The number of rotatable bonds is 6. The monoisotopic (exact) mass is 422 g/mol. The van der Waals surface area contributed by atoms with Gasteiger partial charge in [0.1, 0.15) is 0 Å². The maximum Gasteiger partial charge on any atom is 0.0123 e. The number of allylic oxidation sites excluding steroid dienone is 5. The van der Waals surface area contributed by atoms with Crippen LogP contribution in [-0.4, -0.2) is 0 Å². The van der Waals surface area contributed by atoms with E-state index >= 15 is 0 Å². The summed E-state index contributed by atoms with van der Waals surface area (Å²) in [5.74, 6) is 0. The van der Waals surface area contributed by atoms with Crippen LogP contribution in [0, 0.1) is 0 Å². The van der Waals surface area contributed by atoms with Crippen molar-refractivity contribution in [3.63, 3.8) is 0 Å². The Kier molecular flexibility index (Phi) is 48.8. The first-order chi connectivity index (χ1) is 13.7. The molecular weight excluding hydrogens is 376 g/mol. The summed E-state index contributed by atoms with van der Waals surface area (Å²) in [6.45, 7) is 33.7. The highest BCUT2D eigenvalue weighted by atomic mass is 32.2. The van der Waals surface area contributed by atoms with Gasteiger partial charge < -0.3 is 0 Å². The summed E-state index contributed by atoms with van der Waals surface area (Å²) in [4.78, 5) is 4.75. The fraction of sp³-hybridized carbons (Fsp3) is 0.385. The molecule has 0 aliphatic carbocycles. The van der Waals surface area contributed by atoms with Gasteiger partial charge in [0.25, 0.3) is 0 Å². The average Bonchev–Trinajstić information content (AvgIpc) is 2.77. The summed E-state index contributed by atoms with van der Waals surface area (Å²) in [5.41, 5.74) is 0. The molecule has 0 unspecified atom stereocenters. The molecule has 0 amide bonds. The Bertz CT molecular complexity index is 480. The van der Waals surface area contributed by atoms with E-state index in [4.69, 9.17) is 0 Å². The Morgan fingerprint density at radius 3 is 1.43 bits per heavy atom. The number of hydrogen-bond donors (Lipinski definition) is 0. The van der Waals surface area contributed by atoms with Crippen molar-refractivity contribution in [2.24, 2.45) is 0 Å². The molecule has 0 nitrogen and oxygen atoms in total. The van der Waals surface area contributed by atoms with Gasteiger partial charge in [0.05, 0.1) is 0 Å². The summed E-state index contributed by atoms with van der Waals surface area (Å²) in [5, 5.41) is 0. The zero-order valence-corrected chi connectivity index (χ0v) is 21.9. The summed E-state index contributed by atoms with van der Waals surface area (Å²) >= 11 is 3.43.